The van der Waals surface area contributed by atoms with Crippen molar-refractivity contribution in [2.75, 3.05) is 0 Å². The molecule has 392 valence electrons. The lowest BCUT2D eigenvalue weighted by molar-refractivity contribution is -0.00168. The van der Waals surface area contributed by atoms with Crippen molar-refractivity contribution in [2.24, 2.45) is 0 Å². The van der Waals surface area contributed by atoms with Crippen molar-refractivity contribution >= 4 is 24.1 Å². The molecule has 72 heavy (non-hydrogen) atoms. The first-order valence-electron chi connectivity index (χ1n) is 24.5. The minimum absolute atomic E-state index is 0.0244. The van der Waals surface area contributed by atoms with Crippen LogP contribution in [0.3, 0.4) is 0 Å². The number of carbonyl (C=O) groups excluding carboxylic acids is 2. The van der Waals surface area contributed by atoms with Crippen LogP contribution in [-0.2, 0) is 9.47 Å². The number of esters is 2. The van der Waals surface area contributed by atoms with E-state index >= 15 is 0 Å². The fourth-order valence-corrected chi connectivity index (χ4v) is 7.89. The number of aliphatic hydroxyl groups is 8. The number of fused-ring (bicyclic) bond motifs is 2. The maximum atomic E-state index is 13.5. The van der Waals surface area contributed by atoms with E-state index in [1.165, 1.54) is 38.1 Å². The molecule has 0 aliphatic carbocycles. The van der Waals surface area contributed by atoms with Crippen LogP contribution >= 0.6 is 0 Å². The summed E-state index contributed by atoms with van der Waals surface area (Å²) in [4.78, 5) is 26.9. The molecule has 0 saturated carbocycles. The third-order valence-corrected chi connectivity index (χ3v) is 11.3. The summed E-state index contributed by atoms with van der Waals surface area (Å²) in [5.74, 6) is -2.29. The van der Waals surface area contributed by atoms with E-state index in [2.05, 4.69) is 0 Å². The van der Waals surface area contributed by atoms with Crippen LogP contribution < -0.4 is 0 Å². The Morgan fingerprint density at radius 3 is 1.25 bits per heavy atom. The summed E-state index contributed by atoms with van der Waals surface area (Å²) in [7, 11) is 0. The standard InChI is InChI=1S/C58H76O14/c1-39-19-11-7-5-9-13-21-43-23-15-29-53(67)55(43)57(69)72-52(34-42(4)60)38-48(64)28-18-26-46(62)36-50(66)32-40(2)20-12-8-6-10-14-22-44-24-16-30-54(68)56(44)58(70)71-51(33-41(3)59)37-47(63)27-17-25-45(61)35-49(65)31-39/h5-26,29-30,41-42,45-52,59-68H,27-28,31-38H2,1-4H3/b9-5+,10-6+,11-7+,12-8+,21-13+,22-14+,25-17+,26-18+,39-19+,40-20+/t41-,42-,45-,46-,47+,48+,49+,50+,51+,52+/m1/s1. The molecule has 0 radical (unpaired) electrons. The lowest BCUT2D eigenvalue weighted by Gasteiger charge is -2.22. The zero-order valence-corrected chi connectivity index (χ0v) is 41.8. The van der Waals surface area contributed by atoms with E-state index in [-0.39, 0.29) is 86.8 Å². The van der Waals surface area contributed by atoms with Gasteiger partial charge in [0.1, 0.15) is 34.8 Å². The molecule has 2 aromatic carbocycles. The van der Waals surface area contributed by atoms with Gasteiger partial charge in [0, 0.05) is 38.5 Å². The first-order chi connectivity index (χ1) is 34.3. The number of hydrogen-bond donors (Lipinski definition) is 10. The highest BCUT2D eigenvalue weighted by Crippen LogP contribution is 2.27. The molecular weight excluding hydrogens is 921 g/mol. The third kappa shape index (κ3) is 24.5. The SMILES string of the molecule is C\C1=C/C=C/C=C/C=C/c2cccc(O)c2C(=O)O[C@@H](C[C@@H](C)O)C[C@@H](O)C/C=C/[C@@H](O)C[C@@H](O)C/C(C)=C/C=C/C=C/C=C/c2cccc(O)c2C(=O)O[C@@H](C[C@@H](C)O)C[C@@H](O)C/C=C/[C@@H](O)C[C@@H](O)C1. The Balaban J connectivity index is 1.82. The van der Waals surface area contributed by atoms with Crippen LogP contribution in [0.1, 0.15) is 124 Å². The van der Waals surface area contributed by atoms with Gasteiger partial charge in [0.15, 0.2) is 0 Å². The lowest BCUT2D eigenvalue weighted by atomic mass is 10.0. The highest BCUT2D eigenvalue weighted by Gasteiger charge is 2.26. The summed E-state index contributed by atoms with van der Waals surface area (Å²) < 4.78 is 11.5. The molecule has 3 rings (SSSR count). The Hall–Kier alpha value is -5.94. The quantitative estimate of drug-likeness (QED) is 0.103. The van der Waals surface area contributed by atoms with Gasteiger partial charge in [0.2, 0.25) is 0 Å². The van der Waals surface area contributed by atoms with E-state index < -0.39 is 73.0 Å². The molecule has 0 fully saturated rings. The van der Waals surface area contributed by atoms with Gasteiger partial charge in [-0.2, -0.15) is 0 Å². The zero-order chi connectivity index (χ0) is 53.0. The number of phenolic OH excluding ortho intramolecular Hbond substituents is 2. The van der Waals surface area contributed by atoms with Gasteiger partial charge in [-0.1, -0.05) is 145 Å². The van der Waals surface area contributed by atoms with Gasteiger partial charge >= 0.3 is 11.9 Å². The highest BCUT2D eigenvalue weighted by molar-refractivity contribution is 5.97. The van der Waals surface area contributed by atoms with Gasteiger partial charge < -0.3 is 60.5 Å². The predicted molar refractivity (Wildman–Crippen MR) is 281 cm³/mol. The number of allylic oxidation sites excluding steroid dienone is 12. The number of hydrogen-bond acceptors (Lipinski definition) is 14. The second kappa shape index (κ2) is 32.9. The van der Waals surface area contributed by atoms with Crippen molar-refractivity contribution < 1.29 is 70.1 Å². The largest absolute Gasteiger partial charge is 0.507 e. The van der Waals surface area contributed by atoms with Crippen LogP contribution in [0.15, 0.2) is 145 Å². The van der Waals surface area contributed by atoms with Crippen molar-refractivity contribution in [1.82, 2.24) is 0 Å². The zero-order valence-electron chi connectivity index (χ0n) is 41.8. The summed E-state index contributed by atoms with van der Waals surface area (Å²) in [5.41, 5.74) is 2.27. The van der Waals surface area contributed by atoms with E-state index in [1.54, 1.807) is 109 Å². The Morgan fingerprint density at radius 2 is 0.875 bits per heavy atom. The van der Waals surface area contributed by atoms with Crippen LogP contribution in [0.5, 0.6) is 11.5 Å². The predicted octanol–water partition coefficient (Wildman–Crippen LogP) is 7.95. The summed E-state index contributed by atoms with van der Waals surface area (Å²) in [6.45, 7) is 6.75. The average molecular weight is 997 g/mol. The maximum absolute atomic E-state index is 13.5. The minimum atomic E-state index is -1.01. The Labute approximate surface area is 424 Å². The van der Waals surface area contributed by atoms with Crippen LogP contribution in [-0.4, -0.2) is 124 Å². The van der Waals surface area contributed by atoms with E-state index in [1.807, 2.05) is 26.0 Å². The molecule has 0 bridgehead atoms. The summed E-state index contributed by atoms with van der Waals surface area (Å²) >= 11 is 0. The number of aliphatic hydroxyl groups excluding tert-OH is 8. The van der Waals surface area contributed by atoms with E-state index in [0.717, 1.165) is 11.1 Å². The summed E-state index contributed by atoms with van der Waals surface area (Å²) in [6.07, 6.45) is 21.8. The van der Waals surface area contributed by atoms with Crippen LogP contribution in [0, 0.1) is 0 Å². The van der Waals surface area contributed by atoms with Crippen molar-refractivity contribution in [2.45, 2.75) is 153 Å². The van der Waals surface area contributed by atoms with Crippen molar-refractivity contribution in [3.8, 4) is 11.5 Å². The molecule has 0 amide bonds. The summed E-state index contributed by atoms with van der Waals surface area (Å²) in [6, 6.07) is 9.14. The first kappa shape index (κ1) is 60.4. The van der Waals surface area contributed by atoms with E-state index in [0.29, 0.717) is 11.1 Å². The fourth-order valence-electron chi connectivity index (χ4n) is 7.89. The van der Waals surface area contributed by atoms with Crippen molar-refractivity contribution in [3.05, 3.63) is 167 Å². The normalized spacial score (nSPS) is 30.7. The van der Waals surface area contributed by atoms with Gasteiger partial charge in [0.25, 0.3) is 0 Å². The second-order valence-electron chi connectivity index (χ2n) is 18.4. The lowest BCUT2D eigenvalue weighted by Crippen LogP contribution is -2.27. The molecule has 14 heteroatoms. The smallest absolute Gasteiger partial charge is 0.342 e. The van der Waals surface area contributed by atoms with Crippen LogP contribution in [0.25, 0.3) is 12.2 Å². The fraction of sp³-hybridized carbons (Fsp3) is 0.414. The molecule has 10 N–H and O–H groups in total. The highest BCUT2D eigenvalue weighted by atomic mass is 16.5. The maximum Gasteiger partial charge on any atom is 0.342 e. The number of ether oxygens (including phenoxy) is 2. The topological polar surface area (TPSA) is 255 Å². The molecule has 0 spiro atoms. The number of carbonyl (C=O) groups is 2. The number of benzene rings is 2. The van der Waals surface area contributed by atoms with Crippen LogP contribution in [0.2, 0.25) is 0 Å². The monoisotopic (exact) mass is 997 g/mol. The number of rotatable bonds is 4. The Kier molecular flexibility index (Phi) is 27.6. The van der Waals surface area contributed by atoms with Crippen molar-refractivity contribution in [1.29, 1.82) is 0 Å². The minimum Gasteiger partial charge on any atom is -0.507 e. The van der Waals surface area contributed by atoms with Crippen LogP contribution in [0.4, 0.5) is 0 Å². The summed E-state index contributed by atoms with van der Waals surface area (Å²) in [5, 5.41) is 106. The van der Waals surface area contributed by atoms with Crippen molar-refractivity contribution in [3.63, 3.8) is 0 Å². The van der Waals surface area contributed by atoms with E-state index in [4.69, 9.17) is 9.47 Å². The molecule has 14 nitrogen and oxygen atoms in total. The molecule has 1 aliphatic heterocycles. The Bertz CT molecular complexity index is 2130. The molecule has 0 unspecified atom stereocenters. The van der Waals surface area contributed by atoms with Gasteiger partial charge in [-0.3, -0.25) is 0 Å². The van der Waals surface area contributed by atoms with E-state index in [9.17, 15) is 60.7 Å². The molecule has 1 heterocycles. The molecular formula is C58H76O14. The molecule has 0 aromatic heterocycles. The molecule has 10 atom stereocenters. The number of cyclic esters (lactones) is 2. The van der Waals surface area contributed by atoms with Gasteiger partial charge in [0.05, 0.1) is 48.8 Å². The Morgan fingerprint density at radius 1 is 0.514 bits per heavy atom. The average Bonchev–Trinajstić information content (AvgIpc) is 3.27. The van der Waals surface area contributed by atoms with Gasteiger partial charge in [-0.05, 0) is 76.6 Å². The molecule has 1 aliphatic rings. The first-order valence-corrected chi connectivity index (χ1v) is 24.5. The van der Waals surface area contributed by atoms with Gasteiger partial charge in [-0.25, -0.2) is 9.59 Å². The number of phenols is 2. The molecule has 0 saturated heterocycles. The second-order valence-corrected chi connectivity index (χ2v) is 18.4. The number of aromatic hydroxyl groups is 2. The molecule has 2 aromatic rings. The third-order valence-electron chi connectivity index (χ3n) is 11.3. The van der Waals surface area contributed by atoms with Gasteiger partial charge in [-0.15, -0.1) is 0 Å².